The molecule has 1 unspecified atom stereocenters. The number of nitrogens with zero attached hydrogens (tertiary/aromatic N) is 2. The highest BCUT2D eigenvalue weighted by Gasteiger charge is 2.23. The number of anilines is 2. The molecular weight excluding hydrogens is 334 g/mol. The van der Waals surface area contributed by atoms with Crippen molar-refractivity contribution in [2.24, 2.45) is 0 Å². The number of carbonyl (C=O) groups excluding carboxylic acids is 1. The van der Waals surface area contributed by atoms with Crippen molar-refractivity contribution in [3.05, 3.63) is 53.9 Å². The lowest BCUT2D eigenvalue weighted by atomic mass is 9.86. The predicted molar refractivity (Wildman–Crippen MR) is 113 cm³/mol. The quantitative estimate of drug-likeness (QED) is 0.789. The predicted octanol–water partition coefficient (Wildman–Crippen LogP) is 5.40. The molecule has 1 N–H and O–H groups in total. The molecule has 1 aliphatic rings. The van der Waals surface area contributed by atoms with Gasteiger partial charge in [-0.25, -0.2) is 0 Å². The van der Waals surface area contributed by atoms with Crippen molar-refractivity contribution in [1.29, 1.82) is 0 Å². The van der Waals surface area contributed by atoms with Crippen LogP contribution in [-0.2, 0) is 5.41 Å². The number of nitrogens with one attached hydrogen (secondary N) is 1. The summed E-state index contributed by atoms with van der Waals surface area (Å²) in [6.45, 7) is 9.73. The van der Waals surface area contributed by atoms with Crippen LogP contribution < -0.4 is 10.2 Å². The third kappa shape index (κ3) is 4.49. The van der Waals surface area contributed by atoms with Crippen LogP contribution in [-0.4, -0.2) is 23.5 Å². The van der Waals surface area contributed by atoms with Crippen molar-refractivity contribution >= 4 is 17.3 Å². The average molecular weight is 366 g/mol. The molecule has 1 saturated heterocycles. The fourth-order valence-electron chi connectivity index (χ4n) is 3.91. The molecule has 0 radical (unpaired) electrons. The van der Waals surface area contributed by atoms with Crippen LogP contribution in [0.5, 0.6) is 0 Å². The number of amides is 1. The summed E-state index contributed by atoms with van der Waals surface area (Å²) in [7, 11) is 0. The van der Waals surface area contributed by atoms with Gasteiger partial charge in [-0.1, -0.05) is 45.9 Å². The number of piperidine rings is 1. The number of hydrogen-bond donors (Lipinski definition) is 1. The van der Waals surface area contributed by atoms with E-state index in [2.05, 4.69) is 49.0 Å². The van der Waals surface area contributed by atoms with E-state index in [1.54, 1.807) is 6.20 Å². The highest BCUT2D eigenvalue weighted by atomic mass is 16.1. The Morgan fingerprint density at radius 2 is 2.00 bits per heavy atom. The molecule has 0 spiro atoms. The summed E-state index contributed by atoms with van der Waals surface area (Å²) in [4.78, 5) is 19.7. The first kappa shape index (κ1) is 19.4. The normalized spacial score (nSPS) is 17.6. The minimum Gasteiger partial charge on any atom is -0.367 e. The van der Waals surface area contributed by atoms with Crippen molar-refractivity contribution < 1.29 is 4.79 Å². The van der Waals surface area contributed by atoms with Crippen molar-refractivity contribution in [3.8, 4) is 0 Å². The highest BCUT2D eigenvalue weighted by Crippen LogP contribution is 2.30. The van der Waals surface area contributed by atoms with E-state index in [0.29, 0.717) is 11.6 Å². The van der Waals surface area contributed by atoms with E-state index in [9.17, 15) is 4.79 Å². The lowest BCUT2D eigenvalue weighted by Gasteiger charge is -2.37. The second-order valence-electron chi connectivity index (χ2n) is 8.43. The summed E-state index contributed by atoms with van der Waals surface area (Å²) >= 11 is 0. The number of rotatable bonds is 4. The smallest absolute Gasteiger partial charge is 0.257 e. The van der Waals surface area contributed by atoms with Crippen LogP contribution >= 0.6 is 0 Å². The molecule has 0 saturated carbocycles. The molecule has 144 valence electrons. The molecule has 0 bridgehead atoms. The number of benzene rings is 1. The second-order valence-corrected chi connectivity index (χ2v) is 8.43. The standard InChI is InChI=1S/C23H31N3O/c1-5-18-10-8-9-13-26(18)19-14-17(15-24-16-19)22(27)25-21-12-7-6-11-20(21)23(2,3)4/h6-7,11-12,14-16,18H,5,8-10,13H2,1-4H3,(H,25,27). The van der Waals surface area contributed by atoms with Crippen molar-refractivity contribution in [2.45, 2.75) is 64.8 Å². The van der Waals surface area contributed by atoms with Crippen molar-refractivity contribution in [3.63, 3.8) is 0 Å². The largest absolute Gasteiger partial charge is 0.367 e. The first-order chi connectivity index (χ1) is 12.9. The van der Waals surface area contributed by atoms with E-state index in [4.69, 9.17) is 0 Å². The molecule has 1 atom stereocenters. The molecule has 1 fully saturated rings. The second kappa shape index (κ2) is 8.12. The lowest BCUT2D eigenvalue weighted by Crippen LogP contribution is -2.39. The van der Waals surface area contributed by atoms with Gasteiger partial charge in [0.25, 0.3) is 5.91 Å². The topological polar surface area (TPSA) is 45.2 Å². The zero-order valence-corrected chi connectivity index (χ0v) is 17.0. The van der Waals surface area contributed by atoms with Gasteiger partial charge in [0.05, 0.1) is 17.4 Å². The third-order valence-corrected chi connectivity index (χ3v) is 5.40. The molecule has 4 nitrogen and oxygen atoms in total. The molecule has 3 rings (SSSR count). The van der Waals surface area contributed by atoms with Gasteiger partial charge in [-0.3, -0.25) is 9.78 Å². The van der Waals surface area contributed by atoms with E-state index in [1.165, 1.54) is 19.3 Å². The number of pyridine rings is 1. The Morgan fingerprint density at radius 3 is 2.74 bits per heavy atom. The Kier molecular flexibility index (Phi) is 5.83. The maximum Gasteiger partial charge on any atom is 0.257 e. The summed E-state index contributed by atoms with van der Waals surface area (Å²) in [5.41, 5.74) is 3.62. The van der Waals surface area contributed by atoms with Crippen LogP contribution in [0.25, 0.3) is 0 Å². The molecule has 2 heterocycles. The molecule has 2 aromatic rings. The van der Waals surface area contributed by atoms with Crippen LogP contribution in [0.3, 0.4) is 0 Å². The molecule has 27 heavy (non-hydrogen) atoms. The summed E-state index contributed by atoms with van der Waals surface area (Å²) < 4.78 is 0. The van der Waals surface area contributed by atoms with E-state index in [-0.39, 0.29) is 11.3 Å². The first-order valence-corrected chi connectivity index (χ1v) is 10.0. The Morgan fingerprint density at radius 1 is 1.22 bits per heavy atom. The minimum atomic E-state index is -0.105. The van der Waals surface area contributed by atoms with E-state index in [0.717, 1.165) is 29.9 Å². The van der Waals surface area contributed by atoms with E-state index in [1.807, 2.05) is 30.5 Å². The van der Waals surface area contributed by atoms with Gasteiger partial charge in [-0.15, -0.1) is 0 Å². The zero-order chi connectivity index (χ0) is 19.4. The number of hydrogen-bond acceptors (Lipinski definition) is 3. The van der Waals surface area contributed by atoms with Crippen LogP contribution in [0.15, 0.2) is 42.7 Å². The molecule has 0 aliphatic carbocycles. The fourth-order valence-corrected chi connectivity index (χ4v) is 3.91. The van der Waals surface area contributed by atoms with Crippen LogP contribution in [0.4, 0.5) is 11.4 Å². The van der Waals surface area contributed by atoms with Crippen molar-refractivity contribution in [1.82, 2.24) is 4.98 Å². The molecule has 1 aromatic heterocycles. The van der Waals surface area contributed by atoms with Gasteiger partial charge in [0, 0.05) is 24.5 Å². The van der Waals surface area contributed by atoms with Crippen LogP contribution in [0, 0.1) is 0 Å². The van der Waals surface area contributed by atoms with E-state index >= 15 is 0 Å². The zero-order valence-electron chi connectivity index (χ0n) is 17.0. The highest BCUT2D eigenvalue weighted by molar-refractivity contribution is 6.05. The summed E-state index contributed by atoms with van der Waals surface area (Å²) in [5, 5.41) is 3.09. The monoisotopic (exact) mass is 365 g/mol. The van der Waals surface area contributed by atoms with E-state index < -0.39 is 0 Å². The number of carbonyl (C=O) groups is 1. The van der Waals surface area contributed by atoms with Gasteiger partial charge < -0.3 is 10.2 Å². The fraction of sp³-hybridized carbons (Fsp3) is 0.478. The maximum absolute atomic E-state index is 12.9. The van der Waals surface area contributed by atoms with Crippen molar-refractivity contribution in [2.75, 3.05) is 16.8 Å². The minimum absolute atomic E-state index is 0.0356. The van der Waals surface area contributed by atoms with Gasteiger partial charge in [0.1, 0.15) is 0 Å². The van der Waals surface area contributed by atoms with Crippen LogP contribution in [0.1, 0.15) is 69.3 Å². The third-order valence-electron chi connectivity index (χ3n) is 5.40. The Bertz CT molecular complexity index is 794. The van der Waals surface area contributed by atoms with Gasteiger partial charge in [-0.2, -0.15) is 0 Å². The van der Waals surface area contributed by atoms with Crippen LogP contribution in [0.2, 0.25) is 0 Å². The summed E-state index contributed by atoms with van der Waals surface area (Å²) in [5.74, 6) is -0.105. The summed E-state index contributed by atoms with van der Waals surface area (Å²) in [6, 6.07) is 10.5. The van der Waals surface area contributed by atoms with Gasteiger partial charge in [-0.05, 0) is 48.8 Å². The van der Waals surface area contributed by atoms with Gasteiger partial charge in [0.2, 0.25) is 0 Å². The molecule has 4 heteroatoms. The molecule has 1 amide bonds. The average Bonchev–Trinajstić information content (AvgIpc) is 2.67. The lowest BCUT2D eigenvalue weighted by molar-refractivity contribution is 0.102. The Hall–Kier alpha value is -2.36. The Balaban J connectivity index is 1.83. The summed E-state index contributed by atoms with van der Waals surface area (Å²) in [6.07, 6.45) is 8.36. The molecule has 1 aromatic carbocycles. The number of para-hydroxylation sites is 1. The maximum atomic E-state index is 12.9. The van der Waals surface area contributed by atoms with Gasteiger partial charge >= 0.3 is 0 Å². The van der Waals surface area contributed by atoms with Gasteiger partial charge in [0.15, 0.2) is 0 Å². The molecular formula is C23H31N3O. The number of aromatic nitrogens is 1. The SMILES string of the molecule is CCC1CCCCN1c1cncc(C(=O)Nc2ccccc2C(C)(C)C)c1. The Labute approximate surface area is 163 Å². The first-order valence-electron chi connectivity index (χ1n) is 10.0. The molecule has 1 aliphatic heterocycles.